The highest BCUT2D eigenvalue weighted by atomic mass is 79.9. The van der Waals surface area contributed by atoms with Gasteiger partial charge in [0.2, 0.25) is 23.6 Å². The van der Waals surface area contributed by atoms with Gasteiger partial charge in [-0.1, -0.05) is 12.1 Å². The second kappa shape index (κ2) is 14.9. The highest BCUT2D eigenvalue weighted by molar-refractivity contribution is 9.10. The van der Waals surface area contributed by atoms with Crippen LogP contribution in [0.2, 0.25) is 0 Å². The number of methoxy groups -OCH3 is 1. The first-order valence-electron chi connectivity index (χ1n) is 16.4. The molecule has 5 atom stereocenters. The largest absolute Gasteiger partial charge is 0.497 e. The fourth-order valence-corrected chi connectivity index (χ4v) is 7.15. The predicted molar refractivity (Wildman–Crippen MR) is 195 cm³/mol. The Balaban J connectivity index is 0.000000187. The first kappa shape index (κ1) is 35.6. The Kier molecular flexibility index (Phi) is 10.6. The van der Waals surface area contributed by atoms with E-state index in [0.29, 0.717) is 46.9 Å². The van der Waals surface area contributed by atoms with Crippen molar-refractivity contribution in [1.29, 1.82) is 0 Å². The van der Waals surface area contributed by atoms with E-state index in [1.54, 1.807) is 19.8 Å². The molecule has 0 aliphatic carbocycles. The monoisotopic (exact) mass is 810 g/mol. The maximum absolute atomic E-state index is 12.8. The van der Waals surface area contributed by atoms with Gasteiger partial charge in [0, 0.05) is 51.9 Å². The van der Waals surface area contributed by atoms with E-state index < -0.39 is 0 Å². The minimum atomic E-state index is -0.165. The number of likely N-dealkylation sites (tertiary alicyclic amines) is 1. The fraction of sp³-hybridized carbons (Fsp3) is 0.429. The average Bonchev–Trinajstić information content (AvgIpc) is 3.88. The van der Waals surface area contributed by atoms with Crippen LogP contribution in [-0.4, -0.2) is 78.2 Å². The van der Waals surface area contributed by atoms with E-state index in [0.717, 1.165) is 33.4 Å². The van der Waals surface area contributed by atoms with Crippen molar-refractivity contribution in [3.05, 3.63) is 63.8 Å². The Hall–Kier alpha value is -4.24. The molecule has 0 bridgehead atoms. The first-order chi connectivity index (χ1) is 23.9. The van der Waals surface area contributed by atoms with Gasteiger partial charge >= 0.3 is 0 Å². The molecule has 1 N–H and O–H groups in total. The van der Waals surface area contributed by atoms with E-state index in [2.05, 4.69) is 64.0 Å². The third-order valence-electron chi connectivity index (χ3n) is 9.45. The summed E-state index contributed by atoms with van der Waals surface area (Å²) in [5.74, 6) is 2.36. The highest BCUT2D eigenvalue weighted by Crippen LogP contribution is 2.34. The van der Waals surface area contributed by atoms with Crippen LogP contribution in [-0.2, 0) is 23.7 Å². The third-order valence-corrected chi connectivity index (χ3v) is 10.3. The molecule has 13 nitrogen and oxygen atoms in total. The number of halogens is 2. The summed E-state index contributed by atoms with van der Waals surface area (Å²) in [5, 5.41) is 2.83. The van der Waals surface area contributed by atoms with Crippen LogP contribution in [0.5, 0.6) is 17.5 Å². The molecule has 264 valence electrons. The highest BCUT2D eigenvalue weighted by Gasteiger charge is 2.37. The zero-order valence-electron chi connectivity index (χ0n) is 28.8. The summed E-state index contributed by atoms with van der Waals surface area (Å²) >= 11 is 6.80. The molecule has 0 radical (unpaired) electrons. The molecule has 2 aliphatic rings. The van der Waals surface area contributed by atoms with E-state index in [1.807, 2.05) is 78.4 Å². The van der Waals surface area contributed by atoms with Crippen LogP contribution < -0.4 is 19.5 Å². The van der Waals surface area contributed by atoms with Gasteiger partial charge in [-0.25, -0.2) is 19.9 Å². The van der Waals surface area contributed by atoms with Gasteiger partial charge in [0.25, 0.3) is 0 Å². The molecule has 2 saturated heterocycles. The number of benzene rings is 1. The van der Waals surface area contributed by atoms with Crippen LogP contribution in [0.15, 0.2) is 58.3 Å². The second-order valence-corrected chi connectivity index (χ2v) is 14.4. The second-order valence-electron chi connectivity index (χ2n) is 12.8. The SMILES string of the molecule is COc1ccc([C@@H](C)N2C[C@H]([C@@H](C)Oc3nc(Br)cc4ncn(C)c34)CC2=O)cc1.C[C@@H](Oc1nc(Br)cc2ncn(C)c12)[C@H]1CNC(=O)C1. The van der Waals surface area contributed by atoms with Gasteiger partial charge in [0.15, 0.2) is 0 Å². The van der Waals surface area contributed by atoms with E-state index in [1.165, 1.54) is 0 Å². The van der Waals surface area contributed by atoms with Crippen LogP contribution in [0.25, 0.3) is 22.1 Å². The molecule has 0 saturated carbocycles. The van der Waals surface area contributed by atoms with Crippen LogP contribution in [0.1, 0.15) is 45.2 Å². The lowest BCUT2D eigenvalue weighted by molar-refractivity contribution is -0.129. The van der Waals surface area contributed by atoms with E-state index in [9.17, 15) is 9.59 Å². The number of nitrogens with one attached hydrogen (secondary N) is 1. The number of aryl methyl sites for hydroxylation is 2. The third kappa shape index (κ3) is 7.58. The van der Waals surface area contributed by atoms with Crippen molar-refractivity contribution < 1.29 is 23.8 Å². The zero-order chi connectivity index (χ0) is 35.7. The molecule has 2 fully saturated rings. The zero-order valence-corrected chi connectivity index (χ0v) is 31.9. The first-order valence-corrected chi connectivity index (χ1v) is 18.0. The summed E-state index contributed by atoms with van der Waals surface area (Å²) in [6, 6.07) is 11.6. The van der Waals surface area contributed by atoms with Gasteiger partial charge in [-0.2, -0.15) is 0 Å². The topological polar surface area (TPSA) is 139 Å². The molecule has 4 aromatic heterocycles. The lowest BCUT2D eigenvalue weighted by Gasteiger charge is -2.26. The number of pyridine rings is 2. The maximum atomic E-state index is 12.8. The van der Waals surface area contributed by atoms with Crippen LogP contribution in [0, 0.1) is 11.8 Å². The minimum Gasteiger partial charge on any atom is -0.497 e. The molecule has 1 aromatic carbocycles. The summed E-state index contributed by atoms with van der Waals surface area (Å²) in [5.41, 5.74) is 4.44. The number of aromatic nitrogens is 6. The minimum absolute atomic E-state index is 0.00613. The molecule has 0 unspecified atom stereocenters. The van der Waals surface area contributed by atoms with Crippen molar-refractivity contribution in [3.63, 3.8) is 0 Å². The average molecular weight is 813 g/mol. The summed E-state index contributed by atoms with van der Waals surface area (Å²) < 4.78 is 22.6. The fourth-order valence-electron chi connectivity index (χ4n) is 6.40. The molecule has 7 rings (SSSR count). The molecule has 2 amide bonds. The number of rotatable bonds is 9. The number of hydrogen-bond donors (Lipinski definition) is 1. The smallest absolute Gasteiger partial charge is 0.241 e. The number of imidazole rings is 2. The van der Waals surface area contributed by atoms with Crippen LogP contribution >= 0.6 is 31.9 Å². The number of carbonyl (C=O) groups is 2. The summed E-state index contributed by atoms with van der Waals surface area (Å²) in [6.45, 7) is 7.33. The number of amides is 2. The van der Waals surface area contributed by atoms with Crippen molar-refractivity contribution in [2.45, 2.75) is 51.9 Å². The Morgan fingerprint density at radius 2 is 1.36 bits per heavy atom. The van der Waals surface area contributed by atoms with Crippen molar-refractivity contribution in [2.24, 2.45) is 25.9 Å². The molecule has 5 aromatic rings. The van der Waals surface area contributed by atoms with Crippen LogP contribution in [0.3, 0.4) is 0 Å². The maximum Gasteiger partial charge on any atom is 0.241 e. The Bertz CT molecular complexity index is 2020. The van der Waals surface area contributed by atoms with E-state index in [4.69, 9.17) is 14.2 Å². The molecule has 6 heterocycles. The summed E-state index contributed by atoms with van der Waals surface area (Å²) in [6.07, 6.45) is 4.19. The number of fused-ring (bicyclic) bond motifs is 2. The van der Waals surface area contributed by atoms with Gasteiger partial charge in [0.1, 0.15) is 38.2 Å². The molecule has 50 heavy (non-hydrogen) atoms. The molecule has 0 spiro atoms. The Labute approximate surface area is 307 Å². The standard InChI is InChI=1S/C22H25BrN4O3.C13H15BrN4O2/c1-13(15-5-7-17(29-4)8-6-15)27-11-16(9-20(27)28)14(2)30-22-21-18(10-19(23)25-22)24-12-26(21)3;1-7(8-3-11(19)15-5-8)20-13-12-9(4-10(14)17-13)16-6-18(12)2/h5-8,10,12-14,16H,9,11H2,1-4H3;4,6-8H,3,5H2,1-2H3,(H,15,19)/t13-,14-,16-;7-,8-/m11/s1. The van der Waals surface area contributed by atoms with Crippen molar-refractivity contribution in [1.82, 2.24) is 39.3 Å². The van der Waals surface area contributed by atoms with Gasteiger partial charge in [-0.3, -0.25) is 9.59 Å². The quantitative estimate of drug-likeness (QED) is 0.185. The predicted octanol–water partition coefficient (Wildman–Crippen LogP) is 5.75. The van der Waals surface area contributed by atoms with Crippen molar-refractivity contribution >= 4 is 65.7 Å². The van der Waals surface area contributed by atoms with Gasteiger partial charge in [0.05, 0.1) is 36.8 Å². The Morgan fingerprint density at radius 1 is 0.820 bits per heavy atom. The van der Waals surface area contributed by atoms with E-state index >= 15 is 0 Å². The number of carbonyl (C=O) groups excluding carboxylic acids is 2. The normalized spacial score (nSPS) is 19.2. The van der Waals surface area contributed by atoms with Crippen molar-refractivity contribution in [3.8, 4) is 17.5 Å². The number of ether oxygens (including phenoxy) is 3. The van der Waals surface area contributed by atoms with Crippen LogP contribution in [0.4, 0.5) is 0 Å². The molecule has 2 aliphatic heterocycles. The van der Waals surface area contributed by atoms with Gasteiger partial charge in [-0.15, -0.1) is 0 Å². The summed E-state index contributed by atoms with van der Waals surface area (Å²) in [4.78, 5) is 43.6. The lowest BCUT2D eigenvalue weighted by atomic mass is 10.0. The van der Waals surface area contributed by atoms with E-state index in [-0.39, 0.29) is 41.9 Å². The van der Waals surface area contributed by atoms with Gasteiger partial charge in [-0.05, 0) is 82.5 Å². The Morgan fingerprint density at radius 3 is 1.86 bits per heavy atom. The number of nitrogens with zero attached hydrogens (tertiary/aromatic N) is 7. The van der Waals surface area contributed by atoms with Gasteiger partial charge < -0.3 is 33.6 Å². The molecule has 15 heteroatoms. The molecular weight excluding hydrogens is 772 g/mol. The molecular formula is C35H40Br2N8O5. The number of hydrogen-bond acceptors (Lipinski definition) is 9. The van der Waals surface area contributed by atoms with Crippen molar-refractivity contribution in [2.75, 3.05) is 20.2 Å². The lowest BCUT2D eigenvalue weighted by Crippen LogP contribution is -2.31. The summed E-state index contributed by atoms with van der Waals surface area (Å²) in [7, 11) is 5.47.